The van der Waals surface area contributed by atoms with Gasteiger partial charge in [-0.05, 0) is 13.0 Å². The molecule has 0 bridgehead atoms. The Kier molecular flexibility index (Phi) is 2.82. The lowest BCUT2D eigenvalue weighted by Gasteiger charge is -2.20. The van der Waals surface area contributed by atoms with Crippen LogP contribution in [0.15, 0.2) is 24.5 Å². The van der Waals surface area contributed by atoms with Crippen LogP contribution >= 0.6 is 0 Å². The van der Waals surface area contributed by atoms with Crippen molar-refractivity contribution in [3.05, 3.63) is 24.5 Å². The zero-order chi connectivity index (χ0) is 10.7. The van der Waals surface area contributed by atoms with Crippen LogP contribution < -0.4 is 10.6 Å². The van der Waals surface area contributed by atoms with Gasteiger partial charge in [-0.2, -0.15) is 5.10 Å². The van der Waals surface area contributed by atoms with Crippen LogP contribution in [0.25, 0.3) is 5.65 Å². The van der Waals surface area contributed by atoms with E-state index in [1.165, 1.54) is 0 Å². The molecule has 0 saturated heterocycles. The Morgan fingerprint density at radius 3 is 3.07 bits per heavy atom. The van der Waals surface area contributed by atoms with E-state index in [0.29, 0.717) is 6.54 Å². The molecule has 0 spiro atoms. The molecule has 0 atom stereocenters. The van der Waals surface area contributed by atoms with E-state index in [9.17, 15) is 0 Å². The molecule has 5 nitrogen and oxygen atoms in total. The number of hydrogen-bond donors (Lipinski definition) is 1. The van der Waals surface area contributed by atoms with Crippen LogP contribution in [0.5, 0.6) is 0 Å². The van der Waals surface area contributed by atoms with E-state index in [0.717, 1.165) is 24.6 Å². The fraction of sp³-hybridized carbons (Fsp3) is 0.400. The summed E-state index contributed by atoms with van der Waals surface area (Å²) in [7, 11) is 0. The molecule has 0 aliphatic heterocycles. The fourth-order valence-corrected chi connectivity index (χ4v) is 1.57. The van der Waals surface area contributed by atoms with Crippen molar-refractivity contribution in [1.82, 2.24) is 14.6 Å². The minimum atomic E-state index is 0.639. The first kappa shape index (κ1) is 9.92. The summed E-state index contributed by atoms with van der Waals surface area (Å²) in [6.07, 6.45) is 3.65. The summed E-state index contributed by atoms with van der Waals surface area (Å²) >= 11 is 0. The second-order valence-electron chi connectivity index (χ2n) is 3.29. The predicted molar refractivity (Wildman–Crippen MR) is 59.9 cm³/mol. The van der Waals surface area contributed by atoms with Gasteiger partial charge >= 0.3 is 0 Å². The largest absolute Gasteiger partial charge is 0.356 e. The molecule has 0 saturated carbocycles. The zero-order valence-electron chi connectivity index (χ0n) is 8.80. The number of fused-ring (bicyclic) bond motifs is 1. The lowest BCUT2D eigenvalue weighted by Crippen LogP contribution is -2.29. The van der Waals surface area contributed by atoms with Gasteiger partial charge in [0.15, 0.2) is 5.65 Å². The lowest BCUT2D eigenvalue weighted by molar-refractivity contribution is 0.797. The number of likely N-dealkylation sites (N-methyl/N-ethyl adjacent to an activating group) is 1. The van der Waals surface area contributed by atoms with E-state index >= 15 is 0 Å². The van der Waals surface area contributed by atoms with Crippen molar-refractivity contribution in [2.45, 2.75) is 6.92 Å². The number of nitrogens with two attached hydrogens (primary N) is 1. The van der Waals surface area contributed by atoms with Crippen LogP contribution in [-0.2, 0) is 0 Å². The minimum Gasteiger partial charge on any atom is -0.356 e. The Bertz CT molecular complexity index is 436. The number of rotatable bonds is 4. The molecule has 80 valence electrons. The van der Waals surface area contributed by atoms with Gasteiger partial charge in [0, 0.05) is 31.9 Å². The maximum atomic E-state index is 5.55. The molecule has 0 unspecified atom stereocenters. The monoisotopic (exact) mass is 205 g/mol. The van der Waals surface area contributed by atoms with Gasteiger partial charge < -0.3 is 10.6 Å². The van der Waals surface area contributed by atoms with Crippen molar-refractivity contribution in [3.63, 3.8) is 0 Å². The van der Waals surface area contributed by atoms with Crippen LogP contribution in [0.3, 0.4) is 0 Å². The molecule has 0 aliphatic carbocycles. The van der Waals surface area contributed by atoms with Gasteiger partial charge in [-0.15, -0.1) is 0 Å². The van der Waals surface area contributed by atoms with E-state index < -0.39 is 0 Å². The number of nitrogens with zero attached hydrogens (tertiary/aromatic N) is 4. The van der Waals surface area contributed by atoms with Crippen LogP contribution in [0, 0.1) is 0 Å². The van der Waals surface area contributed by atoms with E-state index in [-0.39, 0.29) is 0 Å². The van der Waals surface area contributed by atoms with Crippen LogP contribution in [0.1, 0.15) is 6.92 Å². The first-order chi connectivity index (χ1) is 7.35. The van der Waals surface area contributed by atoms with Crippen LogP contribution in [-0.4, -0.2) is 34.2 Å². The molecule has 5 heteroatoms. The summed E-state index contributed by atoms with van der Waals surface area (Å²) in [5.74, 6) is 0.955. The summed E-state index contributed by atoms with van der Waals surface area (Å²) in [6.45, 7) is 4.47. The summed E-state index contributed by atoms with van der Waals surface area (Å²) in [6, 6.07) is 3.85. The number of hydrogen-bond acceptors (Lipinski definition) is 4. The van der Waals surface area contributed by atoms with Gasteiger partial charge in [0.05, 0.1) is 6.20 Å². The number of anilines is 1. The normalized spacial score (nSPS) is 10.8. The first-order valence-corrected chi connectivity index (χ1v) is 5.10. The van der Waals surface area contributed by atoms with Gasteiger partial charge in [-0.1, -0.05) is 0 Å². The highest BCUT2D eigenvalue weighted by molar-refractivity contribution is 5.47. The van der Waals surface area contributed by atoms with Gasteiger partial charge in [-0.3, -0.25) is 0 Å². The van der Waals surface area contributed by atoms with E-state index in [1.807, 2.05) is 18.3 Å². The Hall–Kier alpha value is -1.62. The quantitative estimate of drug-likeness (QED) is 0.790. The van der Waals surface area contributed by atoms with Crippen molar-refractivity contribution in [2.24, 2.45) is 5.73 Å². The molecule has 0 radical (unpaired) electrons. The Balaban J connectivity index is 2.33. The standard InChI is InChI=1S/C10H15N5/c1-2-14(8-5-11)9-4-7-15-10(13-9)3-6-12-15/h3-4,6-7H,2,5,8,11H2,1H3. The van der Waals surface area contributed by atoms with Gasteiger partial charge in [0.1, 0.15) is 5.82 Å². The van der Waals surface area contributed by atoms with Crippen molar-refractivity contribution in [3.8, 4) is 0 Å². The molecule has 0 aliphatic rings. The molecular weight excluding hydrogens is 190 g/mol. The highest BCUT2D eigenvalue weighted by atomic mass is 15.3. The molecule has 0 aromatic carbocycles. The van der Waals surface area contributed by atoms with Crippen molar-refractivity contribution < 1.29 is 0 Å². The average Bonchev–Trinajstić information content (AvgIpc) is 2.72. The molecule has 2 aromatic rings. The molecular formula is C10H15N5. The SMILES string of the molecule is CCN(CCN)c1ccn2nccc2n1. The summed E-state index contributed by atoms with van der Waals surface area (Å²) in [5.41, 5.74) is 6.41. The highest BCUT2D eigenvalue weighted by Gasteiger charge is 2.05. The molecule has 0 amide bonds. The van der Waals surface area contributed by atoms with Gasteiger partial charge in [0.2, 0.25) is 0 Å². The van der Waals surface area contributed by atoms with Crippen LogP contribution in [0.4, 0.5) is 5.82 Å². The predicted octanol–water partition coefficient (Wildman–Crippen LogP) is 0.514. The van der Waals surface area contributed by atoms with E-state index in [4.69, 9.17) is 5.73 Å². The summed E-state index contributed by atoms with van der Waals surface area (Å²) in [4.78, 5) is 6.64. The lowest BCUT2D eigenvalue weighted by atomic mass is 10.4. The second-order valence-corrected chi connectivity index (χ2v) is 3.29. The summed E-state index contributed by atoms with van der Waals surface area (Å²) < 4.78 is 1.75. The van der Waals surface area contributed by atoms with Crippen molar-refractivity contribution >= 4 is 11.5 Å². The van der Waals surface area contributed by atoms with Crippen molar-refractivity contribution in [1.29, 1.82) is 0 Å². The van der Waals surface area contributed by atoms with Gasteiger partial charge in [-0.25, -0.2) is 9.50 Å². The number of aromatic nitrogens is 3. The Morgan fingerprint density at radius 2 is 2.33 bits per heavy atom. The smallest absolute Gasteiger partial charge is 0.157 e. The topological polar surface area (TPSA) is 59.5 Å². The van der Waals surface area contributed by atoms with Gasteiger partial charge in [0.25, 0.3) is 0 Å². The Labute approximate surface area is 88.5 Å². The average molecular weight is 205 g/mol. The third kappa shape index (κ3) is 1.92. The van der Waals surface area contributed by atoms with Crippen LogP contribution in [0.2, 0.25) is 0 Å². The van der Waals surface area contributed by atoms with E-state index in [2.05, 4.69) is 21.9 Å². The fourth-order valence-electron chi connectivity index (χ4n) is 1.57. The second kappa shape index (κ2) is 4.27. The first-order valence-electron chi connectivity index (χ1n) is 5.10. The highest BCUT2D eigenvalue weighted by Crippen LogP contribution is 2.10. The molecule has 15 heavy (non-hydrogen) atoms. The zero-order valence-corrected chi connectivity index (χ0v) is 8.80. The maximum Gasteiger partial charge on any atom is 0.157 e. The van der Waals surface area contributed by atoms with E-state index in [1.54, 1.807) is 10.7 Å². The van der Waals surface area contributed by atoms with Crippen molar-refractivity contribution in [2.75, 3.05) is 24.5 Å². The third-order valence-corrected chi connectivity index (χ3v) is 2.35. The molecule has 2 N–H and O–H groups in total. The summed E-state index contributed by atoms with van der Waals surface area (Å²) in [5, 5.41) is 4.10. The molecule has 2 rings (SSSR count). The maximum absolute atomic E-state index is 5.55. The molecule has 2 aromatic heterocycles. The Morgan fingerprint density at radius 1 is 1.47 bits per heavy atom. The molecule has 2 heterocycles. The molecule has 0 fully saturated rings. The minimum absolute atomic E-state index is 0.639. The third-order valence-electron chi connectivity index (χ3n) is 2.35.